The van der Waals surface area contributed by atoms with E-state index >= 15 is 0 Å². The molecule has 2 unspecified atom stereocenters. The molecule has 0 bridgehead atoms. The number of thioether (sulfide) groups is 1. The van der Waals surface area contributed by atoms with E-state index in [1.807, 2.05) is 24.3 Å². The van der Waals surface area contributed by atoms with Gasteiger partial charge in [-0.2, -0.15) is 0 Å². The van der Waals surface area contributed by atoms with Crippen molar-refractivity contribution in [2.24, 2.45) is 5.92 Å². The molecule has 0 radical (unpaired) electrons. The Hall–Kier alpha value is -0.220. The lowest BCUT2D eigenvalue weighted by molar-refractivity contribution is -0.0441. The van der Waals surface area contributed by atoms with Crippen molar-refractivity contribution in [3.63, 3.8) is 0 Å². The third-order valence-corrected chi connectivity index (χ3v) is 5.31. The average molecular weight is 315 g/mol. The summed E-state index contributed by atoms with van der Waals surface area (Å²) < 4.78 is 5.57. The van der Waals surface area contributed by atoms with Crippen molar-refractivity contribution >= 4 is 23.4 Å². The predicted molar refractivity (Wildman–Crippen MR) is 85.6 cm³/mol. The third-order valence-electron chi connectivity index (χ3n) is 3.98. The largest absolute Gasteiger partial charge is 0.390 e. The Morgan fingerprint density at radius 2 is 2.10 bits per heavy atom. The van der Waals surface area contributed by atoms with Gasteiger partial charge in [-0.1, -0.05) is 36.9 Å². The quantitative estimate of drug-likeness (QED) is 0.790. The Morgan fingerprint density at radius 1 is 1.35 bits per heavy atom. The lowest BCUT2D eigenvalue weighted by atomic mass is 9.83. The van der Waals surface area contributed by atoms with E-state index in [0.29, 0.717) is 11.7 Å². The maximum atomic E-state index is 10.4. The lowest BCUT2D eigenvalue weighted by Gasteiger charge is -2.32. The fraction of sp³-hybridized carbons (Fsp3) is 0.625. The number of ether oxygens (including phenoxy) is 1. The van der Waals surface area contributed by atoms with Crippen LogP contribution in [0.25, 0.3) is 0 Å². The topological polar surface area (TPSA) is 29.5 Å². The van der Waals surface area contributed by atoms with Gasteiger partial charge in [0, 0.05) is 22.8 Å². The molecule has 0 aliphatic heterocycles. The summed E-state index contributed by atoms with van der Waals surface area (Å²) in [6, 6.07) is 7.75. The van der Waals surface area contributed by atoms with E-state index < -0.39 is 6.10 Å². The summed E-state index contributed by atoms with van der Waals surface area (Å²) in [5.74, 6) is 1.15. The SMILES string of the molecule is COC(C(O)CSc1cccc(Cl)c1)C1CCCCC1. The number of methoxy groups -OCH3 is 1. The smallest absolute Gasteiger partial charge is 0.0898 e. The van der Waals surface area contributed by atoms with E-state index in [9.17, 15) is 5.11 Å². The van der Waals surface area contributed by atoms with Crippen LogP contribution in [0.5, 0.6) is 0 Å². The molecule has 0 spiro atoms. The van der Waals surface area contributed by atoms with Crippen LogP contribution in [-0.4, -0.2) is 30.2 Å². The Bertz CT molecular complexity index is 407. The number of aliphatic hydroxyl groups is 1. The number of hydrogen-bond donors (Lipinski definition) is 1. The highest BCUT2D eigenvalue weighted by atomic mass is 35.5. The molecule has 1 aromatic rings. The molecule has 2 rings (SSSR count). The zero-order chi connectivity index (χ0) is 14.4. The molecule has 0 amide bonds. The average Bonchev–Trinajstić information content (AvgIpc) is 2.47. The minimum atomic E-state index is -0.424. The Labute approximate surface area is 130 Å². The van der Waals surface area contributed by atoms with Crippen molar-refractivity contribution < 1.29 is 9.84 Å². The standard InChI is InChI=1S/C16H23ClO2S/c1-19-16(12-6-3-2-4-7-12)15(18)11-20-14-9-5-8-13(17)10-14/h5,8-10,12,15-16,18H,2-4,6-7,11H2,1H3. The van der Waals surface area contributed by atoms with Crippen LogP contribution in [0, 0.1) is 5.92 Å². The van der Waals surface area contributed by atoms with Crippen molar-refractivity contribution in [2.75, 3.05) is 12.9 Å². The summed E-state index contributed by atoms with van der Waals surface area (Å²) >= 11 is 7.61. The molecule has 0 aromatic heterocycles. The highest BCUT2D eigenvalue weighted by molar-refractivity contribution is 7.99. The van der Waals surface area contributed by atoms with E-state index in [2.05, 4.69) is 0 Å². The van der Waals surface area contributed by atoms with Crippen LogP contribution in [0.2, 0.25) is 5.02 Å². The lowest BCUT2D eigenvalue weighted by Crippen LogP contribution is -2.37. The van der Waals surface area contributed by atoms with Gasteiger partial charge in [0.15, 0.2) is 0 Å². The van der Waals surface area contributed by atoms with Gasteiger partial charge < -0.3 is 9.84 Å². The fourth-order valence-electron chi connectivity index (χ4n) is 2.96. The number of benzene rings is 1. The van der Waals surface area contributed by atoms with Gasteiger partial charge in [-0.25, -0.2) is 0 Å². The molecule has 1 fully saturated rings. The first-order valence-electron chi connectivity index (χ1n) is 7.30. The van der Waals surface area contributed by atoms with E-state index in [-0.39, 0.29) is 6.10 Å². The summed E-state index contributed by atoms with van der Waals surface area (Å²) in [5, 5.41) is 11.1. The van der Waals surface area contributed by atoms with Gasteiger partial charge in [0.25, 0.3) is 0 Å². The molecular formula is C16H23ClO2S. The van der Waals surface area contributed by atoms with Crippen LogP contribution in [0.3, 0.4) is 0 Å². The molecule has 2 atom stereocenters. The predicted octanol–water partition coefficient (Wildman–Crippen LogP) is 4.39. The van der Waals surface area contributed by atoms with Gasteiger partial charge in [0.2, 0.25) is 0 Å². The summed E-state index contributed by atoms with van der Waals surface area (Å²) in [6.45, 7) is 0. The zero-order valence-corrected chi connectivity index (χ0v) is 13.5. The van der Waals surface area contributed by atoms with Crippen molar-refractivity contribution in [2.45, 2.75) is 49.2 Å². The van der Waals surface area contributed by atoms with Crippen LogP contribution in [-0.2, 0) is 4.74 Å². The molecule has 1 saturated carbocycles. The molecular weight excluding hydrogens is 292 g/mol. The van der Waals surface area contributed by atoms with Crippen molar-refractivity contribution in [1.82, 2.24) is 0 Å². The highest BCUT2D eigenvalue weighted by Crippen LogP contribution is 2.31. The highest BCUT2D eigenvalue weighted by Gasteiger charge is 2.29. The van der Waals surface area contributed by atoms with Gasteiger partial charge >= 0.3 is 0 Å². The summed E-state index contributed by atoms with van der Waals surface area (Å²) in [4.78, 5) is 1.09. The Kier molecular flexibility index (Phi) is 6.69. The van der Waals surface area contributed by atoms with Crippen molar-refractivity contribution in [1.29, 1.82) is 0 Å². The monoisotopic (exact) mass is 314 g/mol. The third kappa shape index (κ3) is 4.66. The number of aliphatic hydroxyl groups excluding tert-OH is 1. The van der Waals surface area contributed by atoms with Gasteiger partial charge in [-0.15, -0.1) is 11.8 Å². The molecule has 1 aliphatic rings. The molecule has 2 nitrogen and oxygen atoms in total. The number of hydrogen-bond acceptors (Lipinski definition) is 3. The second-order valence-electron chi connectivity index (χ2n) is 5.43. The fourth-order valence-corrected chi connectivity index (χ4v) is 4.15. The Morgan fingerprint density at radius 3 is 2.75 bits per heavy atom. The van der Waals surface area contributed by atoms with E-state index in [1.54, 1.807) is 18.9 Å². The second kappa shape index (κ2) is 8.28. The van der Waals surface area contributed by atoms with Crippen LogP contribution in [0.1, 0.15) is 32.1 Å². The van der Waals surface area contributed by atoms with E-state index in [4.69, 9.17) is 16.3 Å². The van der Waals surface area contributed by atoms with Gasteiger partial charge in [0.1, 0.15) is 0 Å². The number of rotatable bonds is 6. The van der Waals surface area contributed by atoms with Gasteiger partial charge in [-0.05, 0) is 37.0 Å². The van der Waals surface area contributed by atoms with Gasteiger partial charge in [0.05, 0.1) is 12.2 Å². The summed E-state index contributed by atoms with van der Waals surface area (Å²) in [5.41, 5.74) is 0. The van der Waals surface area contributed by atoms with Crippen molar-refractivity contribution in [3.8, 4) is 0 Å². The molecule has 1 aromatic carbocycles. The first-order valence-corrected chi connectivity index (χ1v) is 8.66. The van der Waals surface area contributed by atoms with E-state index in [1.165, 1.54) is 32.1 Å². The number of halogens is 1. The molecule has 0 saturated heterocycles. The normalized spacial score (nSPS) is 19.8. The first kappa shape index (κ1) is 16.2. The van der Waals surface area contributed by atoms with E-state index in [0.717, 1.165) is 9.92 Å². The van der Waals surface area contributed by atoms with Gasteiger partial charge in [-0.3, -0.25) is 0 Å². The van der Waals surface area contributed by atoms with Crippen molar-refractivity contribution in [3.05, 3.63) is 29.3 Å². The maximum Gasteiger partial charge on any atom is 0.0898 e. The zero-order valence-electron chi connectivity index (χ0n) is 11.9. The van der Waals surface area contributed by atoms with Crippen LogP contribution >= 0.6 is 23.4 Å². The second-order valence-corrected chi connectivity index (χ2v) is 6.96. The van der Waals surface area contributed by atoms with Crippen LogP contribution in [0.15, 0.2) is 29.2 Å². The molecule has 20 heavy (non-hydrogen) atoms. The Balaban J connectivity index is 1.87. The summed E-state index contributed by atoms with van der Waals surface area (Å²) in [6.07, 6.45) is 5.74. The molecule has 112 valence electrons. The van der Waals surface area contributed by atoms with Crippen LogP contribution < -0.4 is 0 Å². The maximum absolute atomic E-state index is 10.4. The minimum Gasteiger partial charge on any atom is -0.390 e. The van der Waals surface area contributed by atoms with Crippen LogP contribution in [0.4, 0.5) is 0 Å². The minimum absolute atomic E-state index is 0.0398. The summed E-state index contributed by atoms with van der Waals surface area (Å²) in [7, 11) is 1.71. The molecule has 0 heterocycles. The molecule has 1 N–H and O–H groups in total. The molecule has 1 aliphatic carbocycles. The molecule has 4 heteroatoms. The first-order chi connectivity index (χ1) is 9.70.